The summed E-state index contributed by atoms with van der Waals surface area (Å²) in [5.41, 5.74) is 2.18. The normalized spacial score (nSPS) is 15.8. The van der Waals surface area contributed by atoms with E-state index in [0.29, 0.717) is 6.04 Å². The van der Waals surface area contributed by atoms with Crippen molar-refractivity contribution >= 4 is 6.03 Å². The van der Waals surface area contributed by atoms with E-state index in [4.69, 9.17) is 0 Å². The molecular weight excluding hydrogens is 302 g/mol. The summed E-state index contributed by atoms with van der Waals surface area (Å²) in [7, 11) is 0. The maximum absolute atomic E-state index is 12.1. The SMILES string of the molecule is Cc1cnc(-c2cccnc2)n1C1CCN(C(=O)NC(C)C)CC1. The Labute approximate surface area is 142 Å². The minimum absolute atomic E-state index is 0.0401. The van der Waals surface area contributed by atoms with Crippen LogP contribution in [0.4, 0.5) is 4.79 Å². The van der Waals surface area contributed by atoms with E-state index in [1.54, 1.807) is 6.20 Å². The number of carbonyl (C=O) groups excluding carboxylic acids is 1. The highest BCUT2D eigenvalue weighted by Gasteiger charge is 2.26. The number of aromatic nitrogens is 3. The van der Waals surface area contributed by atoms with Crippen LogP contribution >= 0.6 is 0 Å². The molecule has 3 heterocycles. The number of hydrogen-bond donors (Lipinski definition) is 1. The molecule has 0 unspecified atom stereocenters. The van der Waals surface area contributed by atoms with Gasteiger partial charge in [-0.2, -0.15) is 0 Å². The molecule has 1 fully saturated rings. The monoisotopic (exact) mass is 327 g/mol. The third-order valence-corrected chi connectivity index (χ3v) is 4.43. The van der Waals surface area contributed by atoms with E-state index in [1.165, 1.54) is 0 Å². The molecule has 2 aromatic rings. The minimum Gasteiger partial charge on any atom is -0.336 e. The Morgan fingerprint density at radius 1 is 1.29 bits per heavy atom. The number of carbonyl (C=O) groups is 1. The third-order valence-electron chi connectivity index (χ3n) is 4.43. The molecule has 0 radical (unpaired) electrons. The Bertz CT molecular complexity index is 687. The van der Waals surface area contributed by atoms with Crippen molar-refractivity contribution in [2.24, 2.45) is 0 Å². The van der Waals surface area contributed by atoms with Gasteiger partial charge in [0.15, 0.2) is 0 Å². The largest absolute Gasteiger partial charge is 0.336 e. The Morgan fingerprint density at radius 2 is 2.04 bits per heavy atom. The van der Waals surface area contributed by atoms with E-state index < -0.39 is 0 Å². The van der Waals surface area contributed by atoms with Gasteiger partial charge in [0.1, 0.15) is 5.82 Å². The molecule has 1 N–H and O–H groups in total. The molecular formula is C18H25N5O. The molecule has 0 atom stereocenters. The lowest BCUT2D eigenvalue weighted by Gasteiger charge is -2.34. The van der Waals surface area contributed by atoms with Crippen molar-refractivity contribution < 1.29 is 4.79 Å². The van der Waals surface area contributed by atoms with E-state index >= 15 is 0 Å². The molecule has 0 aliphatic carbocycles. The van der Waals surface area contributed by atoms with Gasteiger partial charge in [0.2, 0.25) is 0 Å². The van der Waals surface area contributed by atoms with Gasteiger partial charge in [-0.1, -0.05) is 0 Å². The van der Waals surface area contributed by atoms with E-state index in [1.807, 2.05) is 43.3 Å². The molecule has 0 saturated carbocycles. The van der Waals surface area contributed by atoms with E-state index in [2.05, 4.69) is 26.8 Å². The Balaban J connectivity index is 1.74. The average Bonchev–Trinajstić information content (AvgIpc) is 2.97. The Hall–Kier alpha value is -2.37. The van der Waals surface area contributed by atoms with Crippen LogP contribution in [0.15, 0.2) is 30.7 Å². The van der Waals surface area contributed by atoms with Crippen LogP contribution in [-0.4, -0.2) is 44.6 Å². The van der Waals surface area contributed by atoms with Crippen LogP contribution in [0.5, 0.6) is 0 Å². The van der Waals surface area contributed by atoms with Crippen LogP contribution in [0.1, 0.15) is 38.4 Å². The Morgan fingerprint density at radius 3 is 2.67 bits per heavy atom. The number of rotatable bonds is 3. The van der Waals surface area contributed by atoms with Crippen molar-refractivity contribution in [1.29, 1.82) is 0 Å². The maximum atomic E-state index is 12.1. The van der Waals surface area contributed by atoms with Crippen LogP contribution in [0.2, 0.25) is 0 Å². The first kappa shape index (κ1) is 16.5. The molecule has 2 amide bonds. The van der Waals surface area contributed by atoms with Gasteiger partial charge < -0.3 is 14.8 Å². The number of imidazole rings is 1. The van der Waals surface area contributed by atoms with Gasteiger partial charge in [0.05, 0.1) is 0 Å². The molecule has 128 valence electrons. The second-order valence-electron chi connectivity index (χ2n) is 6.66. The Kier molecular flexibility index (Phi) is 4.83. The fourth-order valence-corrected chi connectivity index (χ4v) is 3.28. The third kappa shape index (κ3) is 3.42. The van der Waals surface area contributed by atoms with Crippen molar-refractivity contribution in [3.8, 4) is 11.4 Å². The quantitative estimate of drug-likeness (QED) is 0.942. The van der Waals surface area contributed by atoms with E-state index in [9.17, 15) is 4.79 Å². The van der Waals surface area contributed by atoms with Gasteiger partial charge in [-0.05, 0) is 45.7 Å². The van der Waals surface area contributed by atoms with Gasteiger partial charge in [0, 0.05) is 55.0 Å². The maximum Gasteiger partial charge on any atom is 0.317 e. The molecule has 2 aromatic heterocycles. The van der Waals surface area contributed by atoms with Crippen molar-refractivity contribution in [2.45, 2.75) is 45.7 Å². The molecule has 0 spiro atoms. The summed E-state index contributed by atoms with van der Waals surface area (Å²) in [5, 5.41) is 2.97. The van der Waals surface area contributed by atoms with Gasteiger partial charge in [-0.15, -0.1) is 0 Å². The molecule has 6 nitrogen and oxygen atoms in total. The van der Waals surface area contributed by atoms with Crippen LogP contribution in [-0.2, 0) is 0 Å². The first-order chi connectivity index (χ1) is 11.6. The van der Waals surface area contributed by atoms with Crippen LogP contribution in [0, 0.1) is 6.92 Å². The molecule has 0 aromatic carbocycles. The molecule has 6 heteroatoms. The predicted molar refractivity (Wildman–Crippen MR) is 93.7 cm³/mol. The number of likely N-dealkylation sites (tertiary alicyclic amines) is 1. The highest BCUT2D eigenvalue weighted by atomic mass is 16.2. The number of pyridine rings is 1. The highest BCUT2D eigenvalue weighted by Crippen LogP contribution is 2.29. The number of nitrogens with zero attached hydrogens (tertiary/aromatic N) is 4. The topological polar surface area (TPSA) is 63.1 Å². The number of piperidine rings is 1. The summed E-state index contributed by atoms with van der Waals surface area (Å²) >= 11 is 0. The molecule has 1 aliphatic rings. The number of amides is 2. The number of urea groups is 1. The van der Waals surface area contributed by atoms with Crippen molar-refractivity contribution in [1.82, 2.24) is 24.8 Å². The summed E-state index contributed by atoms with van der Waals surface area (Å²) in [4.78, 5) is 22.8. The summed E-state index contributed by atoms with van der Waals surface area (Å²) in [6.45, 7) is 7.60. The summed E-state index contributed by atoms with van der Waals surface area (Å²) in [6, 6.07) is 4.55. The predicted octanol–water partition coefficient (Wildman–Crippen LogP) is 3.01. The van der Waals surface area contributed by atoms with E-state index in [-0.39, 0.29) is 12.1 Å². The number of aryl methyl sites for hydroxylation is 1. The van der Waals surface area contributed by atoms with Gasteiger partial charge in [0.25, 0.3) is 0 Å². The van der Waals surface area contributed by atoms with Gasteiger partial charge >= 0.3 is 6.03 Å². The fourth-order valence-electron chi connectivity index (χ4n) is 3.28. The average molecular weight is 327 g/mol. The van der Waals surface area contributed by atoms with Crippen LogP contribution < -0.4 is 5.32 Å². The lowest BCUT2D eigenvalue weighted by atomic mass is 10.0. The van der Waals surface area contributed by atoms with E-state index in [0.717, 1.165) is 43.0 Å². The fraction of sp³-hybridized carbons (Fsp3) is 0.500. The second kappa shape index (κ2) is 7.03. The van der Waals surface area contributed by atoms with Crippen LogP contribution in [0.3, 0.4) is 0 Å². The summed E-state index contributed by atoms with van der Waals surface area (Å²) in [5.74, 6) is 0.964. The molecule has 0 bridgehead atoms. The first-order valence-corrected chi connectivity index (χ1v) is 8.56. The molecule has 24 heavy (non-hydrogen) atoms. The lowest BCUT2D eigenvalue weighted by molar-refractivity contribution is 0.169. The molecule has 1 aliphatic heterocycles. The van der Waals surface area contributed by atoms with Crippen LogP contribution in [0.25, 0.3) is 11.4 Å². The standard InChI is InChI=1S/C18H25N5O/c1-13(2)21-18(24)22-9-6-16(7-10-22)23-14(3)11-20-17(23)15-5-4-8-19-12-15/h4-5,8,11-13,16H,6-7,9-10H2,1-3H3,(H,21,24). The zero-order valence-electron chi connectivity index (χ0n) is 14.6. The highest BCUT2D eigenvalue weighted by molar-refractivity contribution is 5.74. The lowest BCUT2D eigenvalue weighted by Crippen LogP contribution is -2.46. The van der Waals surface area contributed by atoms with Crippen molar-refractivity contribution in [3.63, 3.8) is 0 Å². The number of nitrogens with one attached hydrogen (secondary N) is 1. The minimum atomic E-state index is 0.0401. The second-order valence-corrected chi connectivity index (χ2v) is 6.66. The first-order valence-electron chi connectivity index (χ1n) is 8.56. The smallest absolute Gasteiger partial charge is 0.317 e. The van der Waals surface area contributed by atoms with Gasteiger partial charge in [-0.25, -0.2) is 9.78 Å². The van der Waals surface area contributed by atoms with Gasteiger partial charge in [-0.3, -0.25) is 4.98 Å². The molecule has 1 saturated heterocycles. The zero-order valence-corrected chi connectivity index (χ0v) is 14.6. The zero-order chi connectivity index (χ0) is 17.1. The summed E-state index contributed by atoms with van der Waals surface area (Å²) < 4.78 is 2.30. The number of hydrogen-bond acceptors (Lipinski definition) is 3. The molecule has 3 rings (SSSR count). The van der Waals surface area contributed by atoms with Crippen molar-refractivity contribution in [3.05, 3.63) is 36.4 Å². The van der Waals surface area contributed by atoms with Crippen molar-refractivity contribution in [2.75, 3.05) is 13.1 Å². The summed E-state index contributed by atoms with van der Waals surface area (Å²) in [6.07, 6.45) is 7.42.